The molecule has 0 spiro atoms. The molecule has 0 aromatic carbocycles. The first kappa shape index (κ1) is 10.3. The monoisotopic (exact) mass is 153 g/mol. The van der Waals surface area contributed by atoms with Gasteiger partial charge in [-0.05, 0) is 18.8 Å². The van der Waals surface area contributed by atoms with Crippen LogP contribution >= 0.6 is 0 Å². The van der Waals surface area contributed by atoms with E-state index in [9.17, 15) is 0 Å². The minimum atomic E-state index is 0.305. The fourth-order valence-corrected chi connectivity index (χ4v) is 0.986. The molecule has 1 heteroatoms. The van der Waals surface area contributed by atoms with E-state index in [0.717, 1.165) is 17.8 Å². The molecular formula is C10H19N. The van der Waals surface area contributed by atoms with Gasteiger partial charge in [-0.1, -0.05) is 33.9 Å². The molecule has 0 amide bonds. The average Bonchev–Trinajstić information content (AvgIpc) is 1.53. The van der Waals surface area contributed by atoms with E-state index in [1.54, 1.807) is 0 Å². The lowest BCUT2D eigenvalue weighted by atomic mass is 9.91. The van der Waals surface area contributed by atoms with Gasteiger partial charge in [-0.15, -0.1) is 0 Å². The number of allylic oxidation sites excluding steroid dienone is 2. The van der Waals surface area contributed by atoms with Gasteiger partial charge in [-0.2, -0.15) is 0 Å². The number of hydrogen-bond acceptors (Lipinski definition) is 1. The Balaban J connectivity index is 3.80. The Labute approximate surface area is 70.2 Å². The first-order valence-corrected chi connectivity index (χ1v) is 3.91. The van der Waals surface area contributed by atoms with Gasteiger partial charge in [0.1, 0.15) is 0 Å². The number of hydrogen-bond donors (Lipinski definition) is 1. The number of rotatable bonds is 3. The third-order valence-corrected chi connectivity index (χ3v) is 1.13. The molecule has 0 aliphatic carbocycles. The lowest BCUT2D eigenvalue weighted by Gasteiger charge is -2.20. The summed E-state index contributed by atoms with van der Waals surface area (Å²) in [5.74, 6) is 0. The van der Waals surface area contributed by atoms with E-state index in [4.69, 9.17) is 0 Å². The van der Waals surface area contributed by atoms with Gasteiger partial charge in [0.25, 0.3) is 0 Å². The highest BCUT2D eigenvalue weighted by molar-refractivity contribution is 5.03. The van der Waals surface area contributed by atoms with Crippen molar-refractivity contribution in [3.63, 3.8) is 0 Å². The second-order valence-corrected chi connectivity index (χ2v) is 4.25. The minimum absolute atomic E-state index is 0.305. The second kappa shape index (κ2) is 3.61. The van der Waals surface area contributed by atoms with Gasteiger partial charge in [0.2, 0.25) is 0 Å². The van der Waals surface area contributed by atoms with Crippen molar-refractivity contribution in [3.8, 4) is 0 Å². The van der Waals surface area contributed by atoms with Crippen LogP contribution in [-0.4, -0.2) is 0 Å². The SMILES string of the molecule is C=C(C)NC(=C)CC(C)(C)C. The summed E-state index contributed by atoms with van der Waals surface area (Å²) in [7, 11) is 0. The first-order valence-electron chi connectivity index (χ1n) is 3.91. The van der Waals surface area contributed by atoms with Crippen molar-refractivity contribution in [2.75, 3.05) is 0 Å². The van der Waals surface area contributed by atoms with Crippen molar-refractivity contribution in [1.29, 1.82) is 0 Å². The summed E-state index contributed by atoms with van der Waals surface area (Å²) >= 11 is 0. The van der Waals surface area contributed by atoms with Gasteiger partial charge in [0.15, 0.2) is 0 Å². The molecule has 0 saturated carbocycles. The van der Waals surface area contributed by atoms with E-state index in [2.05, 4.69) is 39.2 Å². The van der Waals surface area contributed by atoms with Crippen LogP contribution in [0.3, 0.4) is 0 Å². The normalized spacial score (nSPS) is 10.9. The van der Waals surface area contributed by atoms with Gasteiger partial charge in [0, 0.05) is 11.4 Å². The highest BCUT2D eigenvalue weighted by Crippen LogP contribution is 2.21. The molecule has 0 radical (unpaired) electrons. The van der Waals surface area contributed by atoms with Crippen LogP contribution < -0.4 is 5.32 Å². The van der Waals surface area contributed by atoms with E-state index >= 15 is 0 Å². The first-order chi connectivity index (χ1) is 4.81. The zero-order chi connectivity index (χ0) is 9.07. The standard InChI is InChI=1S/C10H19N/c1-8(2)11-9(3)7-10(4,5)6/h11H,1,3,7H2,2,4-6H3. The highest BCUT2D eigenvalue weighted by Gasteiger charge is 2.11. The Morgan fingerprint density at radius 2 is 1.73 bits per heavy atom. The van der Waals surface area contributed by atoms with E-state index in [1.807, 2.05) is 6.92 Å². The van der Waals surface area contributed by atoms with Gasteiger partial charge in [-0.25, -0.2) is 0 Å². The van der Waals surface area contributed by atoms with E-state index in [-0.39, 0.29) is 0 Å². The Morgan fingerprint density at radius 3 is 2.00 bits per heavy atom. The van der Waals surface area contributed by atoms with Crippen LogP contribution in [-0.2, 0) is 0 Å². The Kier molecular flexibility index (Phi) is 3.37. The molecule has 0 unspecified atom stereocenters. The van der Waals surface area contributed by atoms with Crippen LogP contribution in [0.5, 0.6) is 0 Å². The summed E-state index contributed by atoms with van der Waals surface area (Å²) in [5.41, 5.74) is 2.31. The summed E-state index contributed by atoms with van der Waals surface area (Å²) in [4.78, 5) is 0. The van der Waals surface area contributed by atoms with Crippen molar-refractivity contribution in [1.82, 2.24) is 5.32 Å². The average molecular weight is 153 g/mol. The summed E-state index contributed by atoms with van der Waals surface area (Å²) in [6.07, 6.45) is 0.986. The molecule has 1 N–H and O–H groups in total. The van der Waals surface area contributed by atoms with Crippen molar-refractivity contribution in [3.05, 3.63) is 24.6 Å². The van der Waals surface area contributed by atoms with Crippen LogP contribution in [0.2, 0.25) is 0 Å². The largest absolute Gasteiger partial charge is 0.364 e. The predicted molar refractivity (Wildman–Crippen MR) is 51.2 cm³/mol. The van der Waals surface area contributed by atoms with E-state index < -0.39 is 0 Å². The maximum Gasteiger partial charge on any atom is 0.00806 e. The van der Waals surface area contributed by atoms with Crippen LogP contribution in [0.15, 0.2) is 24.6 Å². The van der Waals surface area contributed by atoms with Gasteiger partial charge >= 0.3 is 0 Å². The van der Waals surface area contributed by atoms with Crippen LogP contribution in [0.25, 0.3) is 0 Å². The zero-order valence-corrected chi connectivity index (χ0v) is 8.12. The maximum absolute atomic E-state index is 3.91. The molecule has 64 valence electrons. The smallest absolute Gasteiger partial charge is 0.00806 e. The van der Waals surface area contributed by atoms with Gasteiger partial charge in [0.05, 0.1) is 0 Å². The van der Waals surface area contributed by atoms with E-state index in [1.165, 1.54) is 0 Å². The van der Waals surface area contributed by atoms with Crippen molar-refractivity contribution >= 4 is 0 Å². The summed E-state index contributed by atoms with van der Waals surface area (Å²) in [6, 6.07) is 0. The lowest BCUT2D eigenvalue weighted by molar-refractivity contribution is 0.402. The van der Waals surface area contributed by atoms with E-state index in [0.29, 0.717) is 5.41 Å². The fraction of sp³-hybridized carbons (Fsp3) is 0.600. The molecule has 0 bridgehead atoms. The minimum Gasteiger partial charge on any atom is -0.364 e. The Bertz CT molecular complexity index is 160. The Hall–Kier alpha value is -0.720. The van der Waals surface area contributed by atoms with Gasteiger partial charge < -0.3 is 5.32 Å². The summed E-state index contributed by atoms with van der Waals surface area (Å²) in [6.45, 7) is 16.2. The van der Waals surface area contributed by atoms with Crippen molar-refractivity contribution in [2.45, 2.75) is 34.1 Å². The molecule has 0 rings (SSSR count). The predicted octanol–water partition coefficient (Wildman–Crippen LogP) is 3.06. The van der Waals surface area contributed by atoms with Crippen molar-refractivity contribution in [2.24, 2.45) is 5.41 Å². The number of nitrogens with one attached hydrogen (secondary N) is 1. The molecule has 11 heavy (non-hydrogen) atoms. The molecule has 1 nitrogen and oxygen atoms in total. The molecule has 0 fully saturated rings. The van der Waals surface area contributed by atoms with Gasteiger partial charge in [-0.3, -0.25) is 0 Å². The van der Waals surface area contributed by atoms with Crippen molar-refractivity contribution < 1.29 is 0 Å². The third kappa shape index (κ3) is 7.17. The summed E-state index contributed by atoms with van der Waals surface area (Å²) < 4.78 is 0. The summed E-state index contributed by atoms with van der Waals surface area (Å²) in [5, 5.41) is 3.11. The molecule has 0 atom stereocenters. The fourth-order valence-electron chi connectivity index (χ4n) is 0.986. The molecular weight excluding hydrogens is 134 g/mol. The molecule has 0 saturated heterocycles. The quantitative estimate of drug-likeness (QED) is 0.657. The third-order valence-electron chi connectivity index (χ3n) is 1.13. The topological polar surface area (TPSA) is 12.0 Å². The van der Waals surface area contributed by atoms with Crippen LogP contribution in [0.4, 0.5) is 0 Å². The van der Waals surface area contributed by atoms with Crippen LogP contribution in [0.1, 0.15) is 34.1 Å². The molecule has 0 aromatic heterocycles. The maximum atomic E-state index is 3.91. The zero-order valence-electron chi connectivity index (χ0n) is 8.12. The molecule has 0 aromatic rings. The molecule has 0 aliphatic rings. The molecule has 0 aliphatic heterocycles. The van der Waals surface area contributed by atoms with Crippen LogP contribution in [0, 0.1) is 5.41 Å². The Morgan fingerprint density at radius 1 is 1.27 bits per heavy atom. The second-order valence-electron chi connectivity index (χ2n) is 4.25. The molecule has 0 heterocycles. The lowest BCUT2D eigenvalue weighted by Crippen LogP contribution is -2.15. The highest BCUT2D eigenvalue weighted by atomic mass is 14.9.